The van der Waals surface area contributed by atoms with Crippen LogP contribution < -0.4 is 4.74 Å². The van der Waals surface area contributed by atoms with Crippen LogP contribution in [0.4, 0.5) is 0 Å². The molecule has 0 aliphatic carbocycles. The summed E-state index contributed by atoms with van der Waals surface area (Å²) in [6.45, 7) is 2.08. The molecule has 3 aromatic carbocycles. The van der Waals surface area contributed by atoms with Crippen LogP contribution in [0.25, 0.3) is 22.2 Å². The summed E-state index contributed by atoms with van der Waals surface area (Å²) in [5, 5.41) is 12.1. The van der Waals surface area contributed by atoms with Crippen molar-refractivity contribution in [3.05, 3.63) is 108 Å². The van der Waals surface area contributed by atoms with Gasteiger partial charge in [-0.2, -0.15) is 0 Å². The van der Waals surface area contributed by atoms with Gasteiger partial charge in [-0.3, -0.25) is 4.98 Å². The Bertz CT molecular complexity index is 1450. The second-order valence-electron chi connectivity index (χ2n) is 7.72. The number of rotatable bonds is 6. The van der Waals surface area contributed by atoms with Gasteiger partial charge in [-0.15, -0.1) is 0 Å². The van der Waals surface area contributed by atoms with Gasteiger partial charge in [-0.05, 0) is 41.5 Å². The molecule has 0 radical (unpaired) electrons. The molecule has 2 aromatic heterocycles. The Morgan fingerprint density at radius 2 is 1.70 bits per heavy atom. The Hall–Kier alpha value is -4.45. The van der Waals surface area contributed by atoms with Gasteiger partial charge in [-0.25, -0.2) is 9.78 Å². The van der Waals surface area contributed by atoms with Gasteiger partial charge in [0.1, 0.15) is 17.3 Å². The normalized spacial score (nSPS) is 10.9. The number of aromatic carboxylic acids is 1. The SMILES string of the molecule is Cc1nc(-c2cncc(Oc3ccccc3)c2)n(Cc2cccc3ccccc23)c1C(=O)O. The van der Waals surface area contributed by atoms with Gasteiger partial charge < -0.3 is 14.4 Å². The van der Waals surface area contributed by atoms with Crippen molar-refractivity contribution in [2.24, 2.45) is 0 Å². The number of imidazole rings is 1. The minimum atomic E-state index is -1.02. The zero-order valence-electron chi connectivity index (χ0n) is 18.0. The standard InChI is InChI=1S/C27H21N3O3/c1-18-25(27(31)32)30(17-20-10-7-9-19-8-5-6-13-24(19)20)26(29-18)21-14-23(16-28-15-21)33-22-11-3-2-4-12-22/h2-16H,17H2,1H3,(H,31,32). The minimum Gasteiger partial charge on any atom is -0.477 e. The molecule has 0 saturated heterocycles. The van der Waals surface area contributed by atoms with Gasteiger partial charge in [0.05, 0.1) is 18.4 Å². The number of carboxylic acid groups (broad SMARTS) is 1. The fourth-order valence-electron chi connectivity index (χ4n) is 4.04. The van der Waals surface area contributed by atoms with E-state index in [9.17, 15) is 9.90 Å². The van der Waals surface area contributed by atoms with Crippen molar-refractivity contribution in [2.45, 2.75) is 13.5 Å². The summed E-state index contributed by atoms with van der Waals surface area (Å²) >= 11 is 0. The van der Waals surface area contributed by atoms with Crippen LogP contribution in [0.3, 0.4) is 0 Å². The number of aromatic nitrogens is 3. The summed E-state index contributed by atoms with van der Waals surface area (Å²) in [7, 11) is 0. The van der Waals surface area contributed by atoms with Crippen LogP contribution in [0.5, 0.6) is 11.5 Å². The quantitative estimate of drug-likeness (QED) is 0.357. The summed E-state index contributed by atoms with van der Waals surface area (Å²) < 4.78 is 7.66. The van der Waals surface area contributed by atoms with Crippen molar-refractivity contribution < 1.29 is 14.6 Å². The molecule has 33 heavy (non-hydrogen) atoms. The number of pyridine rings is 1. The maximum atomic E-state index is 12.1. The van der Waals surface area contributed by atoms with Crippen LogP contribution in [0.15, 0.2) is 91.3 Å². The molecule has 0 amide bonds. The van der Waals surface area contributed by atoms with E-state index < -0.39 is 5.97 Å². The van der Waals surface area contributed by atoms with E-state index in [1.807, 2.05) is 78.9 Å². The first-order valence-corrected chi connectivity index (χ1v) is 10.6. The second-order valence-corrected chi connectivity index (χ2v) is 7.72. The average Bonchev–Trinajstić information content (AvgIpc) is 3.16. The lowest BCUT2D eigenvalue weighted by atomic mass is 10.0. The van der Waals surface area contributed by atoms with Crippen LogP contribution in [-0.2, 0) is 6.54 Å². The fourth-order valence-corrected chi connectivity index (χ4v) is 4.04. The van der Waals surface area contributed by atoms with Crippen LogP contribution in [-0.4, -0.2) is 25.6 Å². The van der Waals surface area contributed by atoms with Crippen molar-refractivity contribution in [2.75, 3.05) is 0 Å². The lowest BCUT2D eigenvalue weighted by molar-refractivity contribution is 0.0685. The van der Waals surface area contributed by atoms with Crippen LogP contribution >= 0.6 is 0 Å². The molecule has 0 saturated carbocycles. The maximum absolute atomic E-state index is 12.1. The number of benzene rings is 3. The highest BCUT2D eigenvalue weighted by molar-refractivity contribution is 5.89. The first kappa shape index (κ1) is 20.5. The third-order valence-corrected chi connectivity index (χ3v) is 5.50. The molecule has 0 bridgehead atoms. The Balaban J connectivity index is 1.60. The molecule has 5 rings (SSSR count). The molecule has 0 spiro atoms. The molecule has 0 fully saturated rings. The number of carboxylic acids is 1. The third kappa shape index (κ3) is 4.06. The monoisotopic (exact) mass is 435 g/mol. The van der Waals surface area contributed by atoms with Crippen molar-refractivity contribution in [3.63, 3.8) is 0 Å². The zero-order chi connectivity index (χ0) is 22.8. The lowest BCUT2D eigenvalue weighted by Crippen LogP contribution is -2.12. The highest BCUT2D eigenvalue weighted by Gasteiger charge is 2.22. The molecule has 0 aliphatic heterocycles. The van der Waals surface area contributed by atoms with E-state index in [-0.39, 0.29) is 5.69 Å². The summed E-state index contributed by atoms with van der Waals surface area (Å²) in [4.78, 5) is 21.1. The van der Waals surface area contributed by atoms with E-state index in [0.717, 1.165) is 16.3 Å². The summed E-state index contributed by atoms with van der Waals surface area (Å²) in [5.74, 6) is 0.755. The predicted octanol–water partition coefficient (Wildman–Crippen LogP) is 5.95. The number of ether oxygens (including phenoxy) is 1. The Morgan fingerprint density at radius 1 is 0.939 bits per heavy atom. The van der Waals surface area contributed by atoms with Gasteiger partial charge in [0.15, 0.2) is 5.69 Å². The highest BCUT2D eigenvalue weighted by Crippen LogP contribution is 2.29. The maximum Gasteiger partial charge on any atom is 0.354 e. The molecular formula is C27H21N3O3. The Kier molecular flexibility index (Phi) is 5.32. The molecule has 6 heteroatoms. The molecule has 6 nitrogen and oxygen atoms in total. The summed E-state index contributed by atoms with van der Waals surface area (Å²) in [6.07, 6.45) is 3.30. The number of carbonyl (C=O) groups is 1. The van der Waals surface area contributed by atoms with Crippen LogP contribution in [0.1, 0.15) is 21.7 Å². The molecule has 5 aromatic rings. The van der Waals surface area contributed by atoms with Gasteiger partial charge in [0, 0.05) is 11.8 Å². The molecule has 1 N–H and O–H groups in total. The topological polar surface area (TPSA) is 77.2 Å². The lowest BCUT2D eigenvalue weighted by Gasteiger charge is -2.13. The van der Waals surface area contributed by atoms with E-state index in [1.165, 1.54) is 0 Å². The van der Waals surface area contributed by atoms with E-state index in [0.29, 0.717) is 35.1 Å². The van der Waals surface area contributed by atoms with E-state index in [2.05, 4.69) is 9.97 Å². The van der Waals surface area contributed by atoms with E-state index in [1.54, 1.807) is 23.9 Å². The Labute approximate surface area is 190 Å². The van der Waals surface area contributed by atoms with Crippen molar-refractivity contribution in [3.8, 4) is 22.9 Å². The van der Waals surface area contributed by atoms with Gasteiger partial charge in [0.25, 0.3) is 0 Å². The number of para-hydroxylation sites is 1. The number of aryl methyl sites for hydroxylation is 1. The molecular weight excluding hydrogens is 414 g/mol. The van der Waals surface area contributed by atoms with Gasteiger partial charge in [0.2, 0.25) is 0 Å². The van der Waals surface area contributed by atoms with Gasteiger partial charge in [-0.1, -0.05) is 60.7 Å². The average molecular weight is 435 g/mol. The summed E-state index contributed by atoms with van der Waals surface area (Å²) in [5.41, 5.74) is 2.30. The first-order valence-electron chi connectivity index (χ1n) is 10.6. The van der Waals surface area contributed by atoms with Crippen molar-refractivity contribution in [1.82, 2.24) is 14.5 Å². The molecule has 0 atom stereocenters. The van der Waals surface area contributed by atoms with E-state index >= 15 is 0 Å². The smallest absolute Gasteiger partial charge is 0.354 e. The number of hydrogen-bond acceptors (Lipinski definition) is 4. The molecule has 0 unspecified atom stereocenters. The minimum absolute atomic E-state index is 0.160. The van der Waals surface area contributed by atoms with Gasteiger partial charge >= 0.3 is 5.97 Å². The summed E-state index contributed by atoms with van der Waals surface area (Å²) in [6, 6.07) is 25.4. The van der Waals surface area contributed by atoms with Crippen LogP contribution in [0.2, 0.25) is 0 Å². The van der Waals surface area contributed by atoms with E-state index in [4.69, 9.17) is 4.74 Å². The largest absolute Gasteiger partial charge is 0.477 e. The highest BCUT2D eigenvalue weighted by atomic mass is 16.5. The first-order chi connectivity index (χ1) is 16.1. The molecule has 2 heterocycles. The number of nitrogens with zero attached hydrogens (tertiary/aromatic N) is 3. The zero-order valence-corrected chi connectivity index (χ0v) is 18.0. The fraction of sp³-hybridized carbons (Fsp3) is 0.0741. The Morgan fingerprint density at radius 3 is 2.52 bits per heavy atom. The van der Waals surface area contributed by atoms with Crippen molar-refractivity contribution in [1.29, 1.82) is 0 Å². The molecule has 162 valence electrons. The number of hydrogen-bond donors (Lipinski definition) is 1. The molecule has 0 aliphatic rings. The number of fused-ring (bicyclic) bond motifs is 1. The predicted molar refractivity (Wildman–Crippen MR) is 127 cm³/mol. The van der Waals surface area contributed by atoms with Crippen LogP contribution in [0, 0.1) is 6.92 Å². The third-order valence-electron chi connectivity index (χ3n) is 5.50. The second kappa shape index (κ2) is 8.59. The van der Waals surface area contributed by atoms with Crippen molar-refractivity contribution >= 4 is 16.7 Å².